The number of aryl methyl sites for hydroxylation is 1. The van der Waals surface area contributed by atoms with E-state index >= 15 is 0 Å². The molecular weight excluding hydrogens is 288 g/mol. The van der Waals surface area contributed by atoms with Gasteiger partial charge >= 0.3 is 0 Å². The largest absolute Gasteiger partial charge is 0.356 e. The minimum Gasteiger partial charge on any atom is -0.356 e. The maximum absolute atomic E-state index is 12.2. The van der Waals surface area contributed by atoms with Crippen LogP contribution in [-0.4, -0.2) is 29.0 Å². The van der Waals surface area contributed by atoms with E-state index in [4.69, 9.17) is 0 Å². The smallest absolute Gasteiger partial charge is 0.229 e. The number of hydrogen-bond donors (Lipinski definition) is 1. The lowest BCUT2D eigenvalue weighted by Crippen LogP contribution is -2.30. The summed E-state index contributed by atoms with van der Waals surface area (Å²) in [6.07, 6.45) is 5.54. The van der Waals surface area contributed by atoms with Gasteiger partial charge in [0.25, 0.3) is 0 Å². The minimum absolute atomic E-state index is 0.0582. The quantitative estimate of drug-likeness (QED) is 0.943. The fourth-order valence-electron chi connectivity index (χ4n) is 2.79. The molecule has 5 heteroatoms. The number of benzene rings is 1. The maximum atomic E-state index is 12.2. The summed E-state index contributed by atoms with van der Waals surface area (Å²) >= 11 is 0. The number of nitrogens with one attached hydrogen (secondary N) is 1. The number of hydrogen-bond acceptors (Lipinski definition) is 4. The Morgan fingerprint density at radius 1 is 1.13 bits per heavy atom. The van der Waals surface area contributed by atoms with Gasteiger partial charge in [0.05, 0.1) is 6.42 Å². The Labute approximate surface area is 136 Å². The molecule has 1 fully saturated rings. The van der Waals surface area contributed by atoms with Crippen LogP contribution < -0.4 is 10.2 Å². The van der Waals surface area contributed by atoms with Gasteiger partial charge in [0.2, 0.25) is 5.91 Å². The molecule has 0 spiro atoms. The average molecular weight is 310 g/mol. The van der Waals surface area contributed by atoms with Crippen LogP contribution in [0.15, 0.2) is 36.7 Å². The van der Waals surface area contributed by atoms with Crippen molar-refractivity contribution in [1.29, 1.82) is 0 Å². The van der Waals surface area contributed by atoms with E-state index in [2.05, 4.69) is 20.2 Å². The van der Waals surface area contributed by atoms with Gasteiger partial charge in [-0.05, 0) is 31.7 Å². The number of aromatic nitrogens is 2. The van der Waals surface area contributed by atoms with Crippen LogP contribution in [0, 0.1) is 6.92 Å². The number of rotatable bonds is 4. The highest BCUT2D eigenvalue weighted by Gasteiger charge is 2.13. The van der Waals surface area contributed by atoms with E-state index in [-0.39, 0.29) is 5.91 Å². The van der Waals surface area contributed by atoms with Crippen LogP contribution in [0.2, 0.25) is 0 Å². The summed E-state index contributed by atoms with van der Waals surface area (Å²) < 4.78 is 0. The lowest BCUT2D eigenvalue weighted by Gasteiger charge is -2.27. The molecule has 1 N–H and O–H groups in total. The zero-order valence-electron chi connectivity index (χ0n) is 13.5. The third-order valence-corrected chi connectivity index (χ3v) is 4.09. The molecule has 0 saturated carbocycles. The Kier molecular flexibility index (Phi) is 4.86. The normalized spacial score (nSPS) is 14.6. The summed E-state index contributed by atoms with van der Waals surface area (Å²) in [7, 11) is 0. The molecule has 0 unspecified atom stereocenters. The van der Waals surface area contributed by atoms with Gasteiger partial charge in [0.15, 0.2) is 0 Å². The second-order valence-electron chi connectivity index (χ2n) is 6.02. The minimum atomic E-state index is -0.0582. The van der Waals surface area contributed by atoms with Crippen molar-refractivity contribution >= 4 is 17.5 Å². The van der Waals surface area contributed by atoms with Gasteiger partial charge in [-0.3, -0.25) is 4.79 Å². The van der Waals surface area contributed by atoms with Crippen molar-refractivity contribution in [2.45, 2.75) is 32.6 Å². The molecule has 1 aliphatic rings. The highest BCUT2D eigenvalue weighted by molar-refractivity contribution is 5.91. The van der Waals surface area contributed by atoms with Crippen molar-refractivity contribution in [3.8, 4) is 0 Å². The molecule has 0 atom stereocenters. The van der Waals surface area contributed by atoms with Crippen LogP contribution in [0.25, 0.3) is 0 Å². The molecule has 1 aromatic carbocycles. The molecule has 1 saturated heterocycles. The van der Waals surface area contributed by atoms with Crippen molar-refractivity contribution in [3.63, 3.8) is 0 Å². The van der Waals surface area contributed by atoms with Gasteiger partial charge in [-0.2, -0.15) is 0 Å². The Morgan fingerprint density at radius 2 is 1.87 bits per heavy atom. The van der Waals surface area contributed by atoms with E-state index in [1.54, 1.807) is 0 Å². The van der Waals surface area contributed by atoms with E-state index in [0.717, 1.165) is 24.5 Å². The molecule has 5 nitrogen and oxygen atoms in total. The summed E-state index contributed by atoms with van der Waals surface area (Å²) in [6.45, 7) is 4.08. The van der Waals surface area contributed by atoms with Crippen LogP contribution >= 0.6 is 0 Å². The average Bonchev–Trinajstić information content (AvgIpc) is 2.58. The molecule has 0 radical (unpaired) electrons. The van der Waals surface area contributed by atoms with Crippen LogP contribution in [-0.2, 0) is 11.2 Å². The van der Waals surface area contributed by atoms with Gasteiger partial charge < -0.3 is 10.2 Å². The second kappa shape index (κ2) is 7.22. The molecule has 1 aliphatic heterocycles. The SMILES string of the molecule is Cc1ccc(CC(=O)Nc2cc(N3CCCCC3)ncn2)cc1. The van der Waals surface area contributed by atoms with Crippen molar-refractivity contribution in [2.75, 3.05) is 23.3 Å². The number of piperidine rings is 1. The molecular formula is C18H22N4O. The zero-order chi connectivity index (χ0) is 16.1. The van der Waals surface area contributed by atoms with E-state index < -0.39 is 0 Å². The number of nitrogens with zero attached hydrogens (tertiary/aromatic N) is 3. The van der Waals surface area contributed by atoms with Crippen LogP contribution in [0.4, 0.5) is 11.6 Å². The Balaban J connectivity index is 1.62. The molecule has 2 heterocycles. The summed E-state index contributed by atoms with van der Waals surface area (Å²) in [6, 6.07) is 9.85. The fraction of sp³-hybridized carbons (Fsp3) is 0.389. The molecule has 1 amide bonds. The monoisotopic (exact) mass is 310 g/mol. The van der Waals surface area contributed by atoms with E-state index in [1.165, 1.54) is 31.2 Å². The van der Waals surface area contributed by atoms with E-state index in [9.17, 15) is 4.79 Å². The fourth-order valence-corrected chi connectivity index (χ4v) is 2.79. The molecule has 1 aromatic heterocycles. The van der Waals surface area contributed by atoms with Crippen LogP contribution in [0.3, 0.4) is 0 Å². The lowest BCUT2D eigenvalue weighted by atomic mass is 10.1. The first-order valence-corrected chi connectivity index (χ1v) is 8.13. The van der Waals surface area contributed by atoms with Gasteiger partial charge in [-0.1, -0.05) is 29.8 Å². The van der Waals surface area contributed by atoms with Gasteiger partial charge in [0.1, 0.15) is 18.0 Å². The third kappa shape index (κ3) is 4.28. The summed E-state index contributed by atoms with van der Waals surface area (Å²) in [5.41, 5.74) is 2.19. The number of anilines is 2. The third-order valence-electron chi connectivity index (χ3n) is 4.09. The Morgan fingerprint density at radius 3 is 2.61 bits per heavy atom. The van der Waals surface area contributed by atoms with Crippen molar-refractivity contribution in [3.05, 3.63) is 47.8 Å². The van der Waals surface area contributed by atoms with Crippen molar-refractivity contribution in [2.24, 2.45) is 0 Å². The predicted molar refractivity (Wildman–Crippen MR) is 91.6 cm³/mol. The van der Waals surface area contributed by atoms with Crippen molar-refractivity contribution in [1.82, 2.24) is 9.97 Å². The molecule has 0 aliphatic carbocycles. The van der Waals surface area contributed by atoms with Gasteiger partial charge in [-0.15, -0.1) is 0 Å². The molecule has 0 bridgehead atoms. The van der Waals surface area contributed by atoms with Crippen LogP contribution in [0.5, 0.6) is 0 Å². The highest BCUT2D eigenvalue weighted by Crippen LogP contribution is 2.19. The predicted octanol–water partition coefficient (Wildman–Crippen LogP) is 2.96. The topological polar surface area (TPSA) is 58.1 Å². The standard InChI is InChI=1S/C18H22N4O/c1-14-5-7-15(8-6-14)11-18(23)21-16-12-17(20-13-19-16)22-9-3-2-4-10-22/h5-8,12-13H,2-4,9-11H2,1H3,(H,19,20,21,23). The van der Waals surface area contributed by atoms with Gasteiger partial charge in [0, 0.05) is 19.2 Å². The summed E-state index contributed by atoms with van der Waals surface area (Å²) in [4.78, 5) is 22.9. The number of carbonyl (C=O) groups excluding carboxylic acids is 1. The Hall–Kier alpha value is -2.43. The number of carbonyl (C=O) groups is 1. The Bertz CT molecular complexity index is 663. The molecule has 120 valence electrons. The van der Waals surface area contributed by atoms with E-state index in [0.29, 0.717) is 12.2 Å². The molecule has 3 rings (SSSR count). The van der Waals surface area contributed by atoms with Crippen molar-refractivity contribution < 1.29 is 4.79 Å². The van der Waals surface area contributed by atoms with E-state index in [1.807, 2.05) is 37.3 Å². The first kappa shape index (κ1) is 15.5. The number of amides is 1. The second-order valence-corrected chi connectivity index (χ2v) is 6.02. The highest BCUT2D eigenvalue weighted by atomic mass is 16.1. The summed E-state index contributed by atoms with van der Waals surface area (Å²) in [5, 5.41) is 2.87. The van der Waals surface area contributed by atoms with Crippen LogP contribution in [0.1, 0.15) is 30.4 Å². The first-order valence-electron chi connectivity index (χ1n) is 8.13. The first-order chi connectivity index (χ1) is 11.2. The molecule has 23 heavy (non-hydrogen) atoms. The van der Waals surface area contributed by atoms with Gasteiger partial charge in [-0.25, -0.2) is 9.97 Å². The maximum Gasteiger partial charge on any atom is 0.229 e. The lowest BCUT2D eigenvalue weighted by molar-refractivity contribution is -0.115. The molecule has 2 aromatic rings. The summed E-state index contributed by atoms with van der Waals surface area (Å²) in [5.74, 6) is 1.40. The zero-order valence-corrected chi connectivity index (χ0v) is 13.5.